The number of methoxy groups -OCH3 is 1. The van der Waals surface area contributed by atoms with Gasteiger partial charge in [0.1, 0.15) is 11.4 Å². The van der Waals surface area contributed by atoms with E-state index in [0.29, 0.717) is 16.9 Å². The Morgan fingerprint density at radius 2 is 1.51 bits per heavy atom. The maximum Gasteiger partial charge on any atom is 0.342 e. The van der Waals surface area contributed by atoms with E-state index in [1.165, 1.54) is 12.7 Å². The first-order chi connectivity index (χ1) is 16.9. The average Bonchev–Trinajstić information content (AvgIpc) is 2.89. The SMILES string of the molecule is COC(=O)c1ccc(-c2ccc(CN3CCN(c4ncccc4C(=O)OC(C)C)CC3)cc2)cc1. The fraction of sp³-hybridized carbons (Fsp3) is 0.321. The van der Waals surface area contributed by atoms with Crippen molar-refractivity contribution < 1.29 is 19.1 Å². The van der Waals surface area contributed by atoms with E-state index in [1.54, 1.807) is 30.5 Å². The fourth-order valence-electron chi connectivity index (χ4n) is 4.18. The van der Waals surface area contributed by atoms with Gasteiger partial charge in [-0.1, -0.05) is 36.4 Å². The lowest BCUT2D eigenvalue weighted by atomic mass is 10.0. The number of pyridine rings is 1. The van der Waals surface area contributed by atoms with Gasteiger partial charge in [-0.3, -0.25) is 4.90 Å². The third-order valence-electron chi connectivity index (χ3n) is 6.02. The third kappa shape index (κ3) is 6.05. The van der Waals surface area contributed by atoms with E-state index >= 15 is 0 Å². The standard InChI is InChI=1S/C28H31N3O4/c1-20(2)35-28(33)25-5-4-14-29-26(25)31-17-15-30(16-18-31)19-21-6-8-22(9-7-21)23-10-12-24(13-11-23)27(32)34-3/h4-14,20H,15-19H2,1-3H3. The molecule has 0 unspecified atom stereocenters. The van der Waals surface area contributed by atoms with Crippen LogP contribution in [0.1, 0.15) is 40.1 Å². The van der Waals surface area contributed by atoms with E-state index in [1.807, 2.05) is 26.0 Å². The number of hydrogen-bond acceptors (Lipinski definition) is 7. The topological polar surface area (TPSA) is 72.0 Å². The summed E-state index contributed by atoms with van der Waals surface area (Å²) >= 11 is 0. The number of aromatic nitrogens is 1. The number of carbonyl (C=O) groups excluding carboxylic acids is 2. The van der Waals surface area contributed by atoms with Crippen LogP contribution in [0.25, 0.3) is 11.1 Å². The maximum atomic E-state index is 12.5. The zero-order valence-electron chi connectivity index (χ0n) is 20.4. The molecule has 2 heterocycles. The van der Waals surface area contributed by atoms with Crippen molar-refractivity contribution in [3.63, 3.8) is 0 Å². The monoisotopic (exact) mass is 473 g/mol. The molecule has 0 atom stereocenters. The van der Waals surface area contributed by atoms with E-state index in [0.717, 1.165) is 43.9 Å². The molecule has 0 radical (unpaired) electrons. The van der Waals surface area contributed by atoms with E-state index < -0.39 is 0 Å². The fourth-order valence-corrected chi connectivity index (χ4v) is 4.18. The molecule has 3 aromatic rings. The Morgan fingerprint density at radius 3 is 2.11 bits per heavy atom. The van der Waals surface area contributed by atoms with Gasteiger partial charge in [0.2, 0.25) is 0 Å². The summed E-state index contributed by atoms with van der Waals surface area (Å²) in [4.78, 5) is 33.2. The normalized spacial score (nSPS) is 14.1. The maximum absolute atomic E-state index is 12.5. The highest BCUT2D eigenvalue weighted by molar-refractivity contribution is 5.95. The molecule has 7 nitrogen and oxygen atoms in total. The van der Waals surface area contributed by atoms with Crippen molar-refractivity contribution in [2.45, 2.75) is 26.5 Å². The Hall–Kier alpha value is -3.71. The van der Waals surface area contributed by atoms with Gasteiger partial charge in [-0.15, -0.1) is 0 Å². The summed E-state index contributed by atoms with van der Waals surface area (Å²) < 4.78 is 10.2. The molecule has 1 aliphatic rings. The molecule has 182 valence electrons. The summed E-state index contributed by atoms with van der Waals surface area (Å²) in [7, 11) is 1.38. The number of anilines is 1. The van der Waals surface area contributed by atoms with Crippen LogP contribution in [0.3, 0.4) is 0 Å². The lowest BCUT2D eigenvalue weighted by Gasteiger charge is -2.36. The molecule has 7 heteroatoms. The molecule has 1 aromatic heterocycles. The Labute approximate surface area is 206 Å². The summed E-state index contributed by atoms with van der Waals surface area (Å²) in [6.45, 7) is 7.91. The van der Waals surface area contributed by atoms with Crippen molar-refractivity contribution in [3.05, 3.63) is 83.6 Å². The van der Waals surface area contributed by atoms with Crippen LogP contribution >= 0.6 is 0 Å². The van der Waals surface area contributed by atoms with Gasteiger partial charge in [-0.05, 0) is 54.8 Å². The highest BCUT2D eigenvalue weighted by Gasteiger charge is 2.23. The van der Waals surface area contributed by atoms with Crippen molar-refractivity contribution in [2.75, 3.05) is 38.2 Å². The van der Waals surface area contributed by atoms with Crippen LogP contribution in [0.4, 0.5) is 5.82 Å². The van der Waals surface area contributed by atoms with Gasteiger partial charge in [0, 0.05) is 38.9 Å². The molecule has 0 aliphatic carbocycles. The van der Waals surface area contributed by atoms with Gasteiger partial charge in [-0.2, -0.15) is 0 Å². The number of rotatable bonds is 7. The van der Waals surface area contributed by atoms with Crippen LogP contribution in [0, 0.1) is 0 Å². The summed E-state index contributed by atoms with van der Waals surface area (Å²) in [6.07, 6.45) is 1.55. The van der Waals surface area contributed by atoms with Gasteiger partial charge in [-0.25, -0.2) is 14.6 Å². The number of benzene rings is 2. The second kappa shape index (κ2) is 11.1. The predicted molar refractivity (Wildman–Crippen MR) is 135 cm³/mol. The molecule has 4 rings (SSSR count). The van der Waals surface area contributed by atoms with Gasteiger partial charge in [0.05, 0.1) is 18.8 Å². The van der Waals surface area contributed by atoms with Gasteiger partial charge in [0.25, 0.3) is 0 Å². The van der Waals surface area contributed by atoms with Crippen molar-refractivity contribution in [1.29, 1.82) is 0 Å². The second-order valence-electron chi connectivity index (χ2n) is 8.86. The number of ether oxygens (including phenoxy) is 2. The Morgan fingerprint density at radius 1 is 0.886 bits per heavy atom. The molecule has 0 bridgehead atoms. The number of nitrogens with zero attached hydrogens (tertiary/aromatic N) is 3. The quantitative estimate of drug-likeness (QED) is 0.470. The highest BCUT2D eigenvalue weighted by atomic mass is 16.5. The zero-order valence-corrected chi connectivity index (χ0v) is 20.4. The second-order valence-corrected chi connectivity index (χ2v) is 8.86. The first-order valence-electron chi connectivity index (χ1n) is 11.9. The van der Waals surface area contributed by atoms with E-state index in [2.05, 4.69) is 39.0 Å². The summed E-state index contributed by atoms with van der Waals surface area (Å²) in [5.74, 6) is 0.0349. The van der Waals surface area contributed by atoms with Gasteiger partial charge >= 0.3 is 11.9 Å². The number of hydrogen-bond donors (Lipinski definition) is 0. The predicted octanol–water partition coefficient (Wildman–Crippen LogP) is 4.42. The molecule has 0 N–H and O–H groups in total. The molecule has 2 aromatic carbocycles. The van der Waals surface area contributed by atoms with Crippen LogP contribution in [0.5, 0.6) is 0 Å². The zero-order chi connectivity index (χ0) is 24.8. The van der Waals surface area contributed by atoms with Crippen LogP contribution in [0.15, 0.2) is 66.9 Å². The number of carbonyl (C=O) groups is 2. The molecular weight excluding hydrogens is 442 g/mol. The summed E-state index contributed by atoms with van der Waals surface area (Å²) in [5.41, 5.74) is 4.46. The molecule has 0 spiro atoms. The highest BCUT2D eigenvalue weighted by Crippen LogP contribution is 2.23. The van der Waals surface area contributed by atoms with Gasteiger partial charge < -0.3 is 14.4 Å². The minimum Gasteiger partial charge on any atom is -0.465 e. The molecule has 35 heavy (non-hydrogen) atoms. The molecule has 1 fully saturated rings. The Kier molecular flexibility index (Phi) is 7.77. The van der Waals surface area contributed by atoms with Crippen molar-refractivity contribution in [1.82, 2.24) is 9.88 Å². The minimum absolute atomic E-state index is 0.169. The average molecular weight is 474 g/mol. The van der Waals surface area contributed by atoms with Crippen LogP contribution < -0.4 is 4.90 Å². The number of esters is 2. The van der Waals surface area contributed by atoms with E-state index in [9.17, 15) is 9.59 Å². The third-order valence-corrected chi connectivity index (χ3v) is 6.02. The molecular formula is C28H31N3O4. The lowest BCUT2D eigenvalue weighted by molar-refractivity contribution is 0.0377. The molecule has 1 saturated heterocycles. The molecule has 0 saturated carbocycles. The Bertz CT molecular complexity index is 1150. The van der Waals surface area contributed by atoms with Gasteiger partial charge in [0.15, 0.2) is 0 Å². The van der Waals surface area contributed by atoms with Crippen molar-refractivity contribution in [2.24, 2.45) is 0 Å². The first kappa shape index (κ1) is 24.4. The molecule has 1 aliphatic heterocycles. The molecule has 0 amide bonds. The number of piperazine rings is 1. The van der Waals surface area contributed by atoms with Crippen molar-refractivity contribution in [3.8, 4) is 11.1 Å². The summed E-state index contributed by atoms with van der Waals surface area (Å²) in [5, 5.41) is 0. The largest absolute Gasteiger partial charge is 0.465 e. The van der Waals surface area contributed by atoms with Crippen LogP contribution in [0.2, 0.25) is 0 Å². The summed E-state index contributed by atoms with van der Waals surface area (Å²) in [6, 6.07) is 19.5. The van der Waals surface area contributed by atoms with Crippen molar-refractivity contribution >= 4 is 17.8 Å². The van der Waals surface area contributed by atoms with E-state index in [-0.39, 0.29) is 18.0 Å². The minimum atomic E-state index is -0.332. The van der Waals surface area contributed by atoms with E-state index in [4.69, 9.17) is 9.47 Å². The lowest BCUT2D eigenvalue weighted by Crippen LogP contribution is -2.46. The smallest absolute Gasteiger partial charge is 0.342 e. The van der Waals surface area contributed by atoms with Crippen LogP contribution in [-0.4, -0.2) is 61.2 Å². The Balaban J connectivity index is 1.34. The van der Waals surface area contributed by atoms with Crippen LogP contribution in [-0.2, 0) is 16.0 Å². The first-order valence-corrected chi connectivity index (χ1v) is 11.9.